The molecule has 2 aromatic rings. The highest BCUT2D eigenvalue weighted by Crippen LogP contribution is 2.30. The highest BCUT2D eigenvalue weighted by atomic mass is 16.2. The maximum Gasteiger partial charge on any atom is 0.321 e. The van der Waals surface area contributed by atoms with Crippen LogP contribution in [0.5, 0.6) is 0 Å². The molecule has 1 aliphatic heterocycles. The number of hydrogen-bond acceptors (Lipinski definition) is 2. The van der Waals surface area contributed by atoms with Crippen LogP contribution in [0.1, 0.15) is 37.8 Å². The molecule has 5 nitrogen and oxygen atoms in total. The van der Waals surface area contributed by atoms with E-state index < -0.39 is 5.41 Å². The highest BCUT2D eigenvalue weighted by molar-refractivity contribution is 5.90. The maximum absolute atomic E-state index is 12.8. The van der Waals surface area contributed by atoms with Crippen LogP contribution in [0.2, 0.25) is 0 Å². The highest BCUT2D eigenvalue weighted by Gasteiger charge is 2.39. The molecular weight excluding hydrogens is 350 g/mol. The van der Waals surface area contributed by atoms with Gasteiger partial charge in [-0.2, -0.15) is 0 Å². The fraction of sp³-hybridized carbons (Fsp3) is 0.391. The lowest BCUT2D eigenvalue weighted by atomic mass is 9.81. The zero-order chi connectivity index (χ0) is 20.0. The van der Waals surface area contributed by atoms with Gasteiger partial charge in [0.2, 0.25) is 5.91 Å². The van der Waals surface area contributed by atoms with E-state index in [1.807, 2.05) is 61.5 Å². The first-order valence-corrected chi connectivity index (χ1v) is 9.97. The monoisotopic (exact) mass is 379 g/mol. The van der Waals surface area contributed by atoms with E-state index in [1.165, 1.54) is 5.56 Å². The van der Waals surface area contributed by atoms with Gasteiger partial charge in [-0.25, -0.2) is 4.79 Å². The van der Waals surface area contributed by atoms with Gasteiger partial charge >= 0.3 is 6.03 Å². The van der Waals surface area contributed by atoms with Gasteiger partial charge in [0.1, 0.15) is 0 Å². The average molecular weight is 380 g/mol. The summed E-state index contributed by atoms with van der Waals surface area (Å²) in [5, 5.41) is 5.99. The molecule has 0 aliphatic carbocycles. The van der Waals surface area contributed by atoms with E-state index in [4.69, 9.17) is 0 Å². The van der Waals surface area contributed by atoms with Crippen molar-refractivity contribution in [3.8, 4) is 0 Å². The van der Waals surface area contributed by atoms with Crippen LogP contribution in [0, 0.1) is 5.41 Å². The number of aryl methyl sites for hydroxylation is 1. The molecule has 0 aromatic heterocycles. The van der Waals surface area contributed by atoms with Gasteiger partial charge in [0.15, 0.2) is 0 Å². The summed E-state index contributed by atoms with van der Waals surface area (Å²) >= 11 is 0. The van der Waals surface area contributed by atoms with Crippen molar-refractivity contribution in [2.24, 2.45) is 5.41 Å². The number of carbonyl (C=O) groups excluding carboxylic acids is 2. The number of benzene rings is 2. The second-order valence-electron chi connectivity index (χ2n) is 7.73. The summed E-state index contributed by atoms with van der Waals surface area (Å²) in [5.41, 5.74) is 2.51. The Bertz CT molecular complexity index is 804. The SMILES string of the molecule is CCc1ccc(NC(=O)N2CCCC(C)(C(=O)NCc3ccccc3)C2)cc1. The third-order valence-corrected chi connectivity index (χ3v) is 5.44. The van der Waals surface area contributed by atoms with Crippen LogP contribution in [-0.4, -0.2) is 29.9 Å². The number of rotatable bonds is 5. The van der Waals surface area contributed by atoms with Crippen molar-refractivity contribution in [3.05, 3.63) is 65.7 Å². The molecule has 1 saturated heterocycles. The molecular formula is C23H29N3O2. The van der Waals surface area contributed by atoms with Gasteiger partial charge in [-0.05, 0) is 49.4 Å². The summed E-state index contributed by atoms with van der Waals surface area (Å²) in [6.07, 6.45) is 2.57. The molecule has 148 valence electrons. The van der Waals surface area contributed by atoms with Crippen molar-refractivity contribution >= 4 is 17.6 Å². The Hall–Kier alpha value is -2.82. The molecule has 1 aliphatic rings. The molecule has 0 bridgehead atoms. The summed E-state index contributed by atoms with van der Waals surface area (Å²) in [5.74, 6) is 0.00107. The fourth-order valence-corrected chi connectivity index (χ4v) is 3.62. The van der Waals surface area contributed by atoms with Crippen LogP contribution in [0.3, 0.4) is 0 Å². The first-order chi connectivity index (χ1) is 13.5. The molecule has 0 radical (unpaired) electrons. The molecule has 1 heterocycles. The van der Waals surface area contributed by atoms with Crippen LogP contribution < -0.4 is 10.6 Å². The Morgan fingerprint density at radius 1 is 1.04 bits per heavy atom. The number of nitrogens with zero attached hydrogens (tertiary/aromatic N) is 1. The predicted molar refractivity (Wildman–Crippen MR) is 112 cm³/mol. The van der Waals surface area contributed by atoms with Crippen LogP contribution in [0.15, 0.2) is 54.6 Å². The Morgan fingerprint density at radius 3 is 2.43 bits per heavy atom. The zero-order valence-corrected chi connectivity index (χ0v) is 16.7. The van der Waals surface area contributed by atoms with E-state index in [-0.39, 0.29) is 11.9 Å². The van der Waals surface area contributed by atoms with Gasteiger partial charge in [-0.1, -0.05) is 49.4 Å². The number of carbonyl (C=O) groups is 2. The van der Waals surface area contributed by atoms with Gasteiger partial charge in [0.05, 0.1) is 5.41 Å². The molecule has 28 heavy (non-hydrogen) atoms. The van der Waals surface area contributed by atoms with Crippen LogP contribution in [0.25, 0.3) is 0 Å². The minimum absolute atomic E-state index is 0.00107. The third kappa shape index (κ3) is 4.91. The second kappa shape index (κ2) is 8.91. The van der Waals surface area contributed by atoms with Crippen molar-refractivity contribution in [3.63, 3.8) is 0 Å². The predicted octanol–water partition coefficient (Wildman–Crippen LogP) is 4.20. The molecule has 2 N–H and O–H groups in total. The number of likely N-dealkylation sites (tertiary alicyclic amines) is 1. The number of anilines is 1. The molecule has 1 unspecified atom stereocenters. The summed E-state index contributed by atoms with van der Waals surface area (Å²) in [6, 6.07) is 17.6. The number of amides is 3. The first kappa shape index (κ1) is 19.9. The number of hydrogen-bond donors (Lipinski definition) is 2. The molecule has 5 heteroatoms. The summed E-state index contributed by atoms with van der Waals surface area (Å²) in [7, 11) is 0. The van der Waals surface area contributed by atoms with E-state index in [9.17, 15) is 9.59 Å². The van der Waals surface area contributed by atoms with Crippen LogP contribution in [-0.2, 0) is 17.8 Å². The Balaban J connectivity index is 1.58. The quantitative estimate of drug-likeness (QED) is 0.818. The normalized spacial score (nSPS) is 19.1. The Morgan fingerprint density at radius 2 is 1.75 bits per heavy atom. The summed E-state index contributed by atoms with van der Waals surface area (Å²) in [6.45, 7) is 5.64. The first-order valence-electron chi connectivity index (χ1n) is 9.97. The Kier molecular flexibility index (Phi) is 6.34. The van der Waals surface area contributed by atoms with Gasteiger partial charge in [0.25, 0.3) is 0 Å². The van der Waals surface area contributed by atoms with E-state index in [0.29, 0.717) is 19.6 Å². The van der Waals surface area contributed by atoms with Crippen molar-refractivity contribution in [2.45, 2.75) is 39.7 Å². The lowest BCUT2D eigenvalue weighted by Crippen LogP contribution is -2.52. The maximum atomic E-state index is 12.8. The lowest BCUT2D eigenvalue weighted by molar-refractivity contribution is -0.132. The fourth-order valence-electron chi connectivity index (χ4n) is 3.62. The second-order valence-corrected chi connectivity index (χ2v) is 7.73. The number of urea groups is 1. The topological polar surface area (TPSA) is 61.4 Å². The minimum atomic E-state index is -0.573. The van der Waals surface area contributed by atoms with Crippen molar-refractivity contribution in [1.29, 1.82) is 0 Å². The molecule has 1 fully saturated rings. The number of nitrogens with one attached hydrogen (secondary N) is 2. The van der Waals surface area contributed by atoms with E-state index >= 15 is 0 Å². The van der Waals surface area contributed by atoms with Crippen molar-refractivity contribution < 1.29 is 9.59 Å². The average Bonchev–Trinajstić information content (AvgIpc) is 2.73. The third-order valence-electron chi connectivity index (χ3n) is 5.44. The zero-order valence-electron chi connectivity index (χ0n) is 16.7. The van der Waals surface area contributed by atoms with Crippen molar-refractivity contribution in [2.75, 3.05) is 18.4 Å². The van der Waals surface area contributed by atoms with E-state index in [0.717, 1.165) is 30.5 Å². The van der Waals surface area contributed by atoms with Crippen molar-refractivity contribution in [1.82, 2.24) is 10.2 Å². The summed E-state index contributed by atoms with van der Waals surface area (Å²) in [4.78, 5) is 27.3. The molecule has 3 rings (SSSR count). The van der Waals surface area contributed by atoms with Gasteiger partial charge in [0, 0.05) is 25.3 Å². The molecule has 2 aromatic carbocycles. The largest absolute Gasteiger partial charge is 0.351 e. The van der Waals surface area contributed by atoms with Gasteiger partial charge in [-0.15, -0.1) is 0 Å². The van der Waals surface area contributed by atoms with E-state index in [2.05, 4.69) is 17.6 Å². The summed E-state index contributed by atoms with van der Waals surface area (Å²) < 4.78 is 0. The van der Waals surface area contributed by atoms with Gasteiger partial charge < -0.3 is 15.5 Å². The van der Waals surface area contributed by atoms with Crippen LogP contribution in [0.4, 0.5) is 10.5 Å². The standard InChI is InChI=1S/C23H29N3O2/c1-3-18-10-12-20(13-11-18)25-22(28)26-15-7-14-23(2,17-26)21(27)24-16-19-8-5-4-6-9-19/h4-6,8-13H,3,7,14-17H2,1-2H3,(H,24,27)(H,25,28). The molecule has 0 saturated carbocycles. The smallest absolute Gasteiger partial charge is 0.321 e. The molecule has 1 atom stereocenters. The Labute approximate surface area is 167 Å². The van der Waals surface area contributed by atoms with Gasteiger partial charge in [-0.3, -0.25) is 4.79 Å². The minimum Gasteiger partial charge on any atom is -0.351 e. The van der Waals surface area contributed by atoms with Crippen LogP contribution >= 0.6 is 0 Å². The molecule has 0 spiro atoms. The van der Waals surface area contributed by atoms with E-state index in [1.54, 1.807) is 4.90 Å². The lowest BCUT2D eigenvalue weighted by Gasteiger charge is -2.39. The molecule has 3 amide bonds. The number of piperidine rings is 1.